The highest BCUT2D eigenvalue weighted by atomic mass is 32.1. The molecule has 0 saturated heterocycles. The quantitative estimate of drug-likeness (QED) is 0.244. The van der Waals surface area contributed by atoms with Crippen LogP contribution in [0.5, 0.6) is 5.75 Å². The van der Waals surface area contributed by atoms with Crippen LogP contribution < -0.4 is 15.4 Å². The van der Waals surface area contributed by atoms with Crippen LogP contribution in [-0.2, 0) is 11.2 Å². The van der Waals surface area contributed by atoms with Crippen LogP contribution >= 0.6 is 12.2 Å². The van der Waals surface area contributed by atoms with Crippen molar-refractivity contribution in [3.63, 3.8) is 0 Å². The molecule has 0 spiro atoms. The van der Waals surface area contributed by atoms with Crippen LogP contribution in [0.3, 0.4) is 0 Å². The molecule has 0 bridgehead atoms. The third-order valence-corrected chi connectivity index (χ3v) is 6.57. The predicted molar refractivity (Wildman–Crippen MR) is 157 cm³/mol. The van der Waals surface area contributed by atoms with Crippen LogP contribution in [0.25, 0.3) is 16.7 Å². The Hall–Kier alpha value is -3.78. The molecule has 8 heteroatoms. The number of anilines is 1. The van der Waals surface area contributed by atoms with Crippen molar-refractivity contribution >= 4 is 40.0 Å². The highest BCUT2D eigenvalue weighted by Crippen LogP contribution is 2.27. The summed E-state index contributed by atoms with van der Waals surface area (Å²) in [6.45, 7) is 10.2. The SMILES string of the molecule is CCCCc1ccc(-n2nc3cc(C)c(NC(=S)NC(=O)COc4cc(C)ccc4C(C)C)cc3n2)cc1. The first-order valence-electron chi connectivity index (χ1n) is 13.0. The fourth-order valence-corrected chi connectivity index (χ4v) is 4.42. The lowest BCUT2D eigenvalue weighted by molar-refractivity contribution is -0.121. The van der Waals surface area contributed by atoms with E-state index in [1.54, 1.807) is 4.80 Å². The molecule has 1 amide bonds. The molecule has 0 atom stereocenters. The van der Waals surface area contributed by atoms with E-state index in [-0.39, 0.29) is 23.5 Å². The smallest absolute Gasteiger partial charge is 0.264 e. The van der Waals surface area contributed by atoms with Gasteiger partial charge < -0.3 is 10.1 Å². The van der Waals surface area contributed by atoms with E-state index in [2.05, 4.69) is 53.7 Å². The Kier molecular flexibility index (Phi) is 8.73. The second kappa shape index (κ2) is 12.2. The van der Waals surface area contributed by atoms with E-state index in [1.807, 2.05) is 56.3 Å². The lowest BCUT2D eigenvalue weighted by atomic mass is 10.0. The molecule has 0 fully saturated rings. The Morgan fingerprint density at radius 1 is 1.03 bits per heavy atom. The molecule has 4 aromatic rings. The number of aryl methyl sites for hydroxylation is 3. The van der Waals surface area contributed by atoms with Gasteiger partial charge in [0, 0.05) is 5.69 Å². The van der Waals surface area contributed by atoms with Gasteiger partial charge in [-0.15, -0.1) is 10.2 Å². The third kappa shape index (κ3) is 6.75. The zero-order valence-corrected chi connectivity index (χ0v) is 23.5. The number of benzene rings is 3. The number of aromatic nitrogens is 3. The summed E-state index contributed by atoms with van der Waals surface area (Å²) in [6, 6.07) is 18.2. The molecule has 7 nitrogen and oxygen atoms in total. The van der Waals surface area contributed by atoms with Crippen molar-refractivity contribution in [3.05, 3.63) is 76.9 Å². The van der Waals surface area contributed by atoms with Crippen LogP contribution in [0.15, 0.2) is 54.6 Å². The van der Waals surface area contributed by atoms with Gasteiger partial charge in [0.2, 0.25) is 0 Å². The number of amides is 1. The maximum absolute atomic E-state index is 12.5. The number of carbonyl (C=O) groups is 1. The first-order chi connectivity index (χ1) is 18.2. The van der Waals surface area contributed by atoms with Gasteiger partial charge >= 0.3 is 0 Å². The van der Waals surface area contributed by atoms with E-state index in [0.29, 0.717) is 5.75 Å². The average Bonchev–Trinajstić information content (AvgIpc) is 3.29. The number of hydrogen-bond acceptors (Lipinski definition) is 5. The maximum Gasteiger partial charge on any atom is 0.264 e. The van der Waals surface area contributed by atoms with Gasteiger partial charge in [0.15, 0.2) is 11.7 Å². The number of unbranched alkanes of at least 4 members (excludes halogenated alkanes) is 1. The highest BCUT2D eigenvalue weighted by molar-refractivity contribution is 7.80. The van der Waals surface area contributed by atoms with Gasteiger partial charge in [-0.1, -0.05) is 51.5 Å². The number of hydrogen-bond donors (Lipinski definition) is 2. The molecule has 0 aliphatic heterocycles. The van der Waals surface area contributed by atoms with Crippen LogP contribution in [0, 0.1) is 13.8 Å². The lowest BCUT2D eigenvalue weighted by Crippen LogP contribution is -2.37. The van der Waals surface area contributed by atoms with Gasteiger partial charge in [-0.3, -0.25) is 10.1 Å². The number of ether oxygens (including phenoxy) is 1. The fourth-order valence-electron chi connectivity index (χ4n) is 4.20. The second-order valence-corrected chi connectivity index (χ2v) is 10.3. The van der Waals surface area contributed by atoms with E-state index < -0.39 is 0 Å². The molecule has 0 unspecified atom stereocenters. The zero-order chi connectivity index (χ0) is 27.2. The largest absolute Gasteiger partial charge is 0.483 e. The summed E-state index contributed by atoms with van der Waals surface area (Å²) in [7, 11) is 0. The van der Waals surface area contributed by atoms with Crippen molar-refractivity contribution in [2.75, 3.05) is 11.9 Å². The van der Waals surface area contributed by atoms with Crippen molar-refractivity contribution in [3.8, 4) is 11.4 Å². The molecule has 198 valence electrons. The molecule has 4 rings (SSSR count). The zero-order valence-electron chi connectivity index (χ0n) is 22.7. The molecule has 0 radical (unpaired) electrons. The van der Waals surface area contributed by atoms with Crippen LogP contribution in [0.2, 0.25) is 0 Å². The van der Waals surface area contributed by atoms with Crippen molar-refractivity contribution in [1.29, 1.82) is 0 Å². The van der Waals surface area contributed by atoms with Crippen molar-refractivity contribution < 1.29 is 9.53 Å². The van der Waals surface area contributed by atoms with Gasteiger partial charge in [-0.25, -0.2) is 0 Å². The summed E-state index contributed by atoms with van der Waals surface area (Å²) >= 11 is 5.40. The van der Waals surface area contributed by atoms with E-state index in [4.69, 9.17) is 17.0 Å². The minimum atomic E-state index is -0.328. The van der Waals surface area contributed by atoms with Gasteiger partial charge in [0.1, 0.15) is 16.8 Å². The fraction of sp³-hybridized carbons (Fsp3) is 0.333. The van der Waals surface area contributed by atoms with Gasteiger partial charge in [-0.2, -0.15) is 4.80 Å². The van der Waals surface area contributed by atoms with Crippen molar-refractivity contribution in [1.82, 2.24) is 20.3 Å². The Morgan fingerprint density at radius 3 is 2.42 bits per heavy atom. The lowest BCUT2D eigenvalue weighted by Gasteiger charge is -2.15. The normalized spacial score (nSPS) is 11.1. The average molecular weight is 530 g/mol. The van der Waals surface area contributed by atoms with Crippen LogP contribution in [0.4, 0.5) is 5.69 Å². The van der Waals surface area contributed by atoms with Crippen LogP contribution in [0.1, 0.15) is 61.8 Å². The molecular weight excluding hydrogens is 494 g/mol. The Balaban J connectivity index is 1.39. The van der Waals surface area contributed by atoms with Crippen molar-refractivity contribution in [2.45, 2.75) is 59.8 Å². The highest BCUT2D eigenvalue weighted by Gasteiger charge is 2.13. The Labute approximate surface area is 229 Å². The molecule has 3 aromatic carbocycles. The number of fused-ring (bicyclic) bond motifs is 1. The molecule has 1 heterocycles. The third-order valence-electron chi connectivity index (χ3n) is 6.36. The number of nitrogens with one attached hydrogen (secondary N) is 2. The van der Waals surface area contributed by atoms with E-state index >= 15 is 0 Å². The number of thiocarbonyl (C=S) groups is 1. The molecule has 0 aliphatic rings. The second-order valence-electron chi connectivity index (χ2n) is 9.90. The molecular formula is C30H35N5O2S. The maximum atomic E-state index is 12.5. The molecule has 2 N–H and O–H groups in total. The number of carbonyl (C=O) groups excluding carboxylic acids is 1. The van der Waals surface area contributed by atoms with E-state index in [9.17, 15) is 4.79 Å². The predicted octanol–water partition coefficient (Wildman–Crippen LogP) is 6.40. The summed E-state index contributed by atoms with van der Waals surface area (Å²) < 4.78 is 5.82. The van der Waals surface area contributed by atoms with E-state index in [1.165, 1.54) is 18.4 Å². The van der Waals surface area contributed by atoms with Gasteiger partial charge in [0.05, 0.1) is 5.69 Å². The number of rotatable bonds is 9. The molecule has 38 heavy (non-hydrogen) atoms. The van der Waals surface area contributed by atoms with E-state index in [0.717, 1.165) is 45.5 Å². The standard InChI is InChI=1S/C30H35N5O2S/c1-6-7-8-22-10-12-23(13-11-22)35-33-26-16-21(5)25(17-27(26)34-35)31-30(38)32-29(36)18-37-28-15-20(4)9-14-24(28)19(2)3/h9-17,19H,6-8,18H2,1-5H3,(H2,31,32,36,38). The first kappa shape index (κ1) is 27.3. The topological polar surface area (TPSA) is 81.1 Å². The Bertz CT molecular complexity index is 1440. The summed E-state index contributed by atoms with van der Waals surface area (Å²) in [6.07, 6.45) is 3.43. The summed E-state index contributed by atoms with van der Waals surface area (Å²) in [4.78, 5) is 14.2. The molecule has 0 saturated carbocycles. The molecule has 1 aromatic heterocycles. The first-order valence-corrected chi connectivity index (χ1v) is 13.5. The van der Waals surface area contributed by atoms with Crippen molar-refractivity contribution in [2.24, 2.45) is 0 Å². The number of nitrogens with zero attached hydrogens (tertiary/aromatic N) is 3. The Morgan fingerprint density at radius 2 is 1.74 bits per heavy atom. The molecule has 0 aliphatic carbocycles. The minimum absolute atomic E-state index is 0.130. The summed E-state index contributed by atoms with van der Waals surface area (Å²) in [5.74, 6) is 0.678. The minimum Gasteiger partial charge on any atom is -0.483 e. The monoisotopic (exact) mass is 529 g/mol. The summed E-state index contributed by atoms with van der Waals surface area (Å²) in [5.41, 5.74) is 7.57. The summed E-state index contributed by atoms with van der Waals surface area (Å²) in [5, 5.41) is 15.3. The van der Waals surface area contributed by atoms with Gasteiger partial charge in [-0.05, 0) is 97.4 Å². The van der Waals surface area contributed by atoms with Gasteiger partial charge in [0.25, 0.3) is 5.91 Å². The van der Waals surface area contributed by atoms with Crippen LogP contribution in [-0.4, -0.2) is 32.6 Å².